The number of aromatic nitrogens is 3. The Bertz CT molecular complexity index is 537. The molecule has 18 heavy (non-hydrogen) atoms. The Morgan fingerprint density at radius 2 is 2.50 bits per heavy atom. The van der Waals surface area contributed by atoms with Gasteiger partial charge in [-0.05, 0) is 19.4 Å². The van der Waals surface area contributed by atoms with Crippen molar-refractivity contribution in [3.8, 4) is 0 Å². The molecular weight excluding hydrogens is 250 g/mol. The van der Waals surface area contributed by atoms with Crippen LogP contribution in [0.25, 0.3) is 0 Å². The minimum absolute atomic E-state index is 0.255. The summed E-state index contributed by atoms with van der Waals surface area (Å²) in [5.41, 5.74) is 5.65. The first kappa shape index (κ1) is 11.6. The highest BCUT2D eigenvalue weighted by molar-refractivity contribution is 7.15. The minimum atomic E-state index is 0.255. The van der Waals surface area contributed by atoms with Gasteiger partial charge in [-0.3, -0.25) is 4.90 Å². The normalized spacial score (nSPS) is 20.6. The van der Waals surface area contributed by atoms with Crippen molar-refractivity contribution >= 4 is 16.5 Å². The number of nitrogens with two attached hydrogens (primary N) is 1. The monoisotopic (exact) mass is 265 g/mol. The Hall–Kier alpha value is -1.47. The van der Waals surface area contributed by atoms with Crippen molar-refractivity contribution in [2.75, 3.05) is 12.3 Å². The van der Waals surface area contributed by atoms with Gasteiger partial charge in [0.1, 0.15) is 0 Å². The Labute approximate surface area is 109 Å². The number of likely N-dealkylation sites (tertiary alicyclic amines) is 1. The zero-order valence-electron chi connectivity index (χ0n) is 10.2. The van der Waals surface area contributed by atoms with E-state index in [1.54, 1.807) is 0 Å². The van der Waals surface area contributed by atoms with E-state index in [4.69, 9.17) is 10.3 Å². The van der Waals surface area contributed by atoms with Gasteiger partial charge in [-0.25, -0.2) is 4.98 Å². The molecule has 2 aromatic rings. The summed E-state index contributed by atoms with van der Waals surface area (Å²) in [4.78, 5) is 12.0. The van der Waals surface area contributed by atoms with Gasteiger partial charge in [0, 0.05) is 24.5 Å². The summed E-state index contributed by atoms with van der Waals surface area (Å²) in [7, 11) is 0. The van der Waals surface area contributed by atoms with Gasteiger partial charge < -0.3 is 10.3 Å². The molecule has 1 aliphatic rings. The Morgan fingerprint density at radius 3 is 3.17 bits per heavy atom. The Morgan fingerprint density at radius 1 is 1.61 bits per heavy atom. The van der Waals surface area contributed by atoms with Crippen LogP contribution in [0.4, 0.5) is 5.13 Å². The maximum atomic E-state index is 5.65. The smallest absolute Gasteiger partial charge is 0.223 e. The molecule has 7 heteroatoms. The standard InChI is InChI=1S/C11H15N5OS/c1-7-14-10(15-17-7)9-3-2-4-16(9)6-8-5-13-11(12)18-8/h5,9H,2-4,6H2,1H3,(H2,12,13). The molecule has 0 aliphatic carbocycles. The van der Waals surface area contributed by atoms with Crippen molar-refractivity contribution in [3.05, 3.63) is 22.8 Å². The first-order valence-corrected chi connectivity index (χ1v) is 6.78. The fraction of sp³-hybridized carbons (Fsp3) is 0.545. The van der Waals surface area contributed by atoms with Crippen LogP contribution >= 0.6 is 11.3 Å². The maximum absolute atomic E-state index is 5.65. The molecule has 1 unspecified atom stereocenters. The van der Waals surface area contributed by atoms with Gasteiger partial charge in [0.25, 0.3) is 0 Å². The summed E-state index contributed by atoms with van der Waals surface area (Å²) < 4.78 is 5.06. The van der Waals surface area contributed by atoms with Gasteiger partial charge in [-0.2, -0.15) is 4.98 Å². The molecule has 1 atom stereocenters. The molecule has 6 nitrogen and oxygen atoms in total. The van der Waals surface area contributed by atoms with Crippen LogP contribution in [-0.4, -0.2) is 26.6 Å². The second-order valence-corrected chi connectivity index (χ2v) is 5.61. The van der Waals surface area contributed by atoms with Crippen LogP contribution in [0.2, 0.25) is 0 Å². The molecule has 0 radical (unpaired) electrons. The second kappa shape index (κ2) is 4.66. The van der Waals surface area contributed by atoms with E-state index in [1.165, 1.54) is 16.2 Å². The number of anilines is 1. The van der Waals surface area contributed by atoms with Gasteiger partial charge in [-0.1, -0.05) is 5.16 Å². The molecule has 0 spiro atoms. The third-order valence-electron chi connectivity index (χ3n) is 3.14. The number of thiazole rings is 1. The molecule has 0 amide bonds. The predicted octanol–water partition coefficient (Wildman–Crippen LogP) is 1.75. The second-order valence-electron chi connectivity index (χ2n) is 4.46. The molecular formula is C11H15N5OS. The first-order valence-electron chi connectivity index (χ1n) is 5.97. The van der Waals surface area contributed by atoms with Crippen LogP contribution in [0.1, 0.15) is 35.5 Å². The van der Waals surface area contributed by atoms with Crippen molar-refractivity contribution in [3.63, 3.8) is 0 Å². The van der Waals surface area contributed by atoms with E-state index in [0.29, 0.717) is 11.0 Å². The molecule has 3 rings (SSSR count). The fourth-order valence-corrected chi connectivity index (χ4v) is 3.06. The van der Waals surface area contributed by atoms with Gasteiger partial charge in [0.05, 0.1) is 6.04 Å². The van der Waals surface area contributed by atoms with Crippen molar-refractivity contribution in [2.24, 2.45) is 0 Å². The molecule has 3 heterocycles. The van der Waals surface area contributed by atoms with E-state index in [-0.39, 0.29) is 6.04 Å². The lowest BCUT2D eigenvalue weighted by Crippen LogP contribution is -2.23. The lowest BCUT2D eigenvalue weighted by molar-refractivity contribution is 0.236. The maximum Gasteiger partial charge on any atom is 0.223 e. The molecule has 96 valence electrons. The summed E-state index contributed by atoms with van der Waals surface area (Å²) in [6.45, 7) is 3.73. The zero-order valence-corrected chi connectivity index (χ0v) is 11.0. The average Bonchev–Trinajstić information content (AvgIpc) is 3.01. The quantitative estimate of drug-likeness (QED) is 0.910. The highest BCUT2D eigenvalue weighted by Gasteiger charge is 2.29. The van der Waals surface area contributed by atoms with Gasteiger partial charge in [0.2, 0.25) is 5.89 Å². The van der Waals surface area contributed by atoms with Crippen LogP contribution in [0.15, 0.2) is 10.7 Å². The molecule has 2 N–H and O–H groups in total. The molecule has 1 aliphatic heterocycles. The summed E-state index contributed by atoms with van der Waals surface area (Å²) in [5, 5.41) is 4.65. The molecule has 0 bridgehead atoms. The molecule has 0 aromatic carbocycles. The van der Waals surface area contributed by atoms with Crippen LogP contribution in [0.5, 0.6) is 0 Å². The SMILES string of the molecule is Cc1nc(C2CCCN2Cc2cnc(N)s2)no1. The number of nitrogen functional groups attached to an aromatic ring is 1. The van der Waals surface area contributed by atoms with E-state index in [1.807, 2.05) is 13.1 Å². The van der Waals surface area contributed by atoms with E-state index >= 15 is 0 Å². The third-order valence-corrected chi connectivity index (χ3v) is 3.95. The van der Waals surface area contributed by atoms with Crippen LogP contribution < -0.4 is 5.73 Å². The number of nitrogens with zero attached hydrogens (tertiary/aromatic N) is 4. The van der Waals surface area contributed by atoms with Crippen molar-refractivity contribution in [1.29, 1.82) is 0 Å². The van der Waals surface area contributed by atoms with Crippen LogP contribution in [0.3, 0.4) is 0 Å². The summed E-state index contributed by atoms with van der Waals surface area (Å²) in [5.74, 6) is 1.42. The Balaban J connectivity index is 1.75. The van der Waals surface area contributed by atoms with Gasteiger partial charge in [0.15, 0.2) is 11.0 Å². The third kappa shape index (κ3) is 2.23. The number of aryl methyl sites for hydroxylation is 1. The van der Waals surface area contributed by atoms with Crippen molar-refractivity contribution in [1.82, 2.24) is 20.0 Å². The fourth-order valence-electron chi connectivity index (χ4n) is 2.35. The molecule has 0 saturated carbocycles. The largest absolute Gasteiger partial charge is 0.375 e. The first-order chi connectivity index (χ1) is 8.72. The molecule has 1 fully saturated rings. The summed E-state index contributed by atoms with van der Waals surface area (Å²) in [6, 6.07) is 0.255. The van der Waals surface area contributed by atoms with Crippen molar-refractivity contribution in [2.45, 2.75) is 32.4 Å². The van der Waals surface area contributed by atoms with E-state index < -0.39 is 0 Å². The van der Waals surface area contributed by atoms with Gasteiger partial charge >= 0.3 is 0 Å². The summed E-state index contributed by atoms with van der Waals surface area (Å²) >= 11 is 1.54. The summed E-state index contributed by atoms with van der Waals surface area (Å²) in [6.07, 6.45) is 4.08. The highest BCUT2D eigenvalue weighted by atomic mass is 32.1. The predicted molar refractivity (Wildman–Crippen MR) is 67.9 cm³/mol. The molecule has 1 saturated heterocycles. The lowest BCUT2D eigenvalue weighted by atomic mass is 10.2. The van der Waals surface area contributed by atoms with E-state index in [2.05, 4.69) is 20.0 Å². The number of hydrogen-bond donors (Lipinski definition) is 1. The number of hydrogen-bond acceptors (Lipinski definition) is 7. The average molecular weight is 265 g/mol. The van der Waals surface area contributed by atoms with Crippen LogP contribution in [-0.2, 0) is 6.54 Å². The van der Waals surface area contributed by atoms with Crippen LogP contribution in [0, 0.1) is 6.92 Å². The molecule has 2 aromatic heterocycles. The Kier molecular flexibility index (Phi) is 3.00. The lowest BCUT2D eigenvalue weighted by Gasteiger charge is -2.20. The van der Waals surface area contributed by atoms with E-state index in [9.17, 15) is 0 Å². The minimum Gasteiger partial charge on any atom is -0.375 e. The van der Waals surface area contributed by atoms with E-state index in [0.717, 1.165) is 31.8 Å². The number of rotatable bonds is 3. The van der Waals surface area contributed by atoms with Crippen molar-refractivity contribution < 1.29 is 4.52 Å². The zero-order chi connectivity index (χ0) is 12.5. The highest BCUT2D eigenvalue weighted by Crippen LogP contribution is 2.32. The topological polar surface area (TPSA) is 81.1 Å². The van der Waals surface area contributed by atoms with Gasteiger partial charge in [-0.15, -0.1) is 11.3 Å².